The molecule has 3 aromatic carbocycles. The molecule has 5 rings (SSSR count). The van der Waals surface area contributed by atoms with Crippen LogP contribution in [-0.4, -0.2) is 85.4 Å². The van der Waals surface area contributed by atoms with Crippen LogP contribution in [0.15, 0.2) is 84.9 Å². The third-order valence-electron chi connectivity index (χ3n) is 10.2. The second kappa shape index (κ2) is 22.9. The van der Waals surface area contributed by atoms with Crippen LogP contribution in [0.1, 0.15) is 109 Å². The number of likely N-dealkylation sites (tertiary alicyclic amines) is 1. The van der Waals surface area contributed by atoms with Gasteiger partial charge in [-0.25, -0.2) is 0 Å². The number of hydrogen-bond donors (Lipinski definition) is 1. The Bertz CT molecular complexity index is 1340. The number of carbonyl (C=O) groups excluding carboxylic acids is 3. The molecule has 0 saturated carbocycles. The van der Waals surface area contributed by atoms with E-state index in [2.05, 4.69) is 30.6 Å². The maximum atomic E-state index is 12.5. The van der Waals surface area contributed by atoms with Crippen molar-refractivity contribution in [3.63, 3.8) is 0 Å². The number of carbonyl (C=O) groups is 2. The first kappa shape index (κ1) is 41.7. The number of quaternary nitrogens is 1. The molecule has 7 nitrogen and oxygen atoms in total. The molecule has 0 radical (unpaired) electrons. The quantitative estimate of drug-likeness (QED) is 0.0443. The molecule has 2 aliphatic rings. The van der Waals surface area contributed by atoms with Crippen molar-refractivity contribution in [1.82, 2.24) is 15.1 Å². The summed E-state index contributed by atoms with van der Waals surface area (Å²) in [6.07, 6.45) is 16.8. The van der Waals surface area contributed by atoms with Gasteiger partial charge in [0.15, 0.2) is 0 Å². The van der Waals surface area contributed by atoms with Gasteiger partial charge < -0.3 is 25.9 Å². The molecule has 1 N–H and O–H groups in total. The fourth-order valence-electron chi connectivity index (χ4n) is 6.91. The molecule has 0 aromatic heterocycles. The van der Waals surface area contributed by atoms with E-state index in [1.54, 1.807) is 18.5 Å². The van der Waals surface area contributed by atoms with E-state index in [-0.39, 0.29) is 49.0 Å². The molecule has 8 heteroatoms. The average Bonchev–Trinajstić information content (AvgIpc) is 3.39. The number of nitrogens with zero attached hydrogens (tertiary/aromatic N) is 3. The molecular weight excluding hydrogens is 847 g/mol. The van der Waals surface area contributed by atoms with E-state index in [9.17, 15) is 14.4 Å². The number of nitrogens with one attached hydrogen (secondary N) is 1. The van der Waals surface area contributed by atoms with Gasteiger partial charge in [-0.3, -0.25) is 14.5 Å². The van der Waals surface area contributed by atoms with Crippen LogP contribution in [0.25, 0.3) is 0 Å². The Balaban J connectivity index is 0.000000333. The van der Waals surface area contributed by atoms with Crippen molar-refractivity contribution in [2.75, 3.05) is 52.9 Å². The van der Waals surface area contributed by atoms with Gasteiger partial charge in [-0.05, 0) is 81.9 Å². The van der Waals surface area contributed by atoms with E-state index < -0.39 is 0 Å². The summed E-state index contributed by atoms with van der Waals surface area (Å²) in [6, 6.07) is 26.7. The van der Waals surface area contributed by atoms with Gasteiger partial charge in [-0.1, -0.05) is 92.1 Å². The molecule has 3 aromatic rings. The third kappa shape index (κ3) is 13.1. The predicted octanol–water partition coefficient (Wildman–Crippen LogP) is 7.60. The number of benzene rings is 3. The summed E-state index contributed by atoms with van der Waals surface area (Å²) in [7, 11) is 2.36. The van der Waals surface area contributed by atoms with Crippen LogP contribution in [0.5, 0.6) is 0 Å². The summed E-state index contributed by atoms with van der Waals surface area (Å²) in [5.41, 5.74) is 3.22. The Hall–Kier alpha value is -2.76. The first-order valence-corrected chi connectivity index (χ1v) is 18.5. The van der Waals surface area contributed by atoms with Gasteiger partial charge in [0.25, 0.3) is 11.8 Å². The average molecular weight is 904 g/mol. The minimum Gasteiger partial charge on any atom is -0.520 e. The van der Waals surface area contributed by atoms with Crippen LogP contribution in [0.3, 0.4) is 0 Å². The number of imide groups is 1. The van der Waals surface area contributed by atoms with E-state index in [1.165, 1.54) is 82.4 Å². The third-order valence-corrected chi connectivity index (χ3v) is 10.2. The van der Waals surface area contributed by atoms with E-state index in [4.69, 9.17) is 0 Å². The van der Waals surface area contributed by atoms with Crippen LogP contribution in [0, 0.1) is 37.5 Å². The molecule has 1 saturated heterocycles. The van der Waals surface area contributed by atoms with Gasteiger partial charge in [0.2, 0.25) is 0 Å². The Kier molecular flexibility index (Phi) is 19.1. The van der Waals surface area contributed by atoms with Gasteiger partial charge in [0.1, 0.15) is 0 Å². The Morgan fingerprint density at radius 1 is 0.700 bits per heavy atom. The number of unbranched alkanes of at least 4 members (excludes halogenated alkanes) is 6. The Labute approximate surface area is 325 Å². The molecule has 1 unspecified atom stereocenters. The number of rotatable bonds is 19. The van der Waals surface area contributed by atoms with Crippen LogP contribution in [-0.2, 0) is 4.79 Å². The standard InChI is InChI=1S/C28H45N3O2.C14H12NO.U/c1-3-31(2,23-15-7-5-4-6-11-19-29-20-12-8-13-21-29)24-16-14-22-30-27(32)25-17-9-10-18-26(25)28(30)33;16-11-15-14(12-7-3-1-4-8-12)13-9-5-2-6-10-13;/h8-10,17-18H,3-7,11-16,19-24H2,1-2H3;1-10,14H,(H,15,16);/q;-1;+2. The summed E-state index contributed by atoms with van der Waals surface area (Å²) in [6.45, 7) is 10.1. The molecule has 2 aliphatic heterocycles. The van der Waals surface area contributed by atoms with Crippen molar-refractivity contribution in [3.8, 4) is 0 Å². The van der Waals surface area contributed by atoms with Crippen molar-refractivity contribution in [2.24, 2.45) is 0 Å². The number of hydrogen-bond acceptors (Lipinski definition) is 4. The summed E-state index contributed by atoms with van der Waals surface area (Å²) in [5.74, 6) is -0.254. The molecule has 2 heterocycles. The van der Waals surface area contributed by atoms with Gasteiger partial charge in [0.05, 0.1) is 37.8 Å². The fraction of sp³-hybridized carbons (Fsp3) is 0.476. The van der Waals surface area contributed by atoms with E-state index in [0.29, 0.717) is 17.7 Å². The SMILES string of the molecule is CC[N+](C)(CCCCCCCCN1CC[CH-]CC1)CCCCN1C(=O)c2ccccc2C1=O.O=[C-]NC(c1ccccc1)c1ccccc1.[U+2]. The molecule has 0 bridgehead atoms. The van der Waals surface area contributed by atoms with Gasteiger partial charge in [0, 0.05) is 12.6 Å². The number of piperidine rings is 1. The minimum absolute atomic E-state index is 0. The molecule has 0 aliphatic carbocycles. The monoisotopic (exact) mass is 903 g/mol. The molecule has 50 heavy (non-hydrogen) atoms. The van der Waals surface area contributed by atoms with E-state index >= 15 is 0 Å². The minimum atomic E-state index is -0.127. The maximum absolute atomic E-state index is 12.5. The summed E-state index contributed by atoms with van der Waals surface area (Å²) in [4.78, 5) is 39.6. The zero-order chi connectivity index (χ0) is 34.7. The normalized spacial score (nSPS) is 15.5. The fourth-order valence-corrected chi connectivity index (χ4v) is 6.91. The zero-order valence-corrected chi connectivity index (χ0v) is 34.5. The predicted molar refractivity (Wildman–Crippen MR) is 199 cm³/mol. The number of fused-ring (bicyclic) bond motifs is 1. The first-order chi connectivity index (χ1) is 24.0. The number of amides is 3. The summed E-state index contributed by atoms with van der Waals surface area (Å²) >= 11 is 0. The molecule has 266 valence electrons. The van der Waals surface area contributed by atoms with Gasteiger partial charge in [-0.2, -0.15) is 19.3 Å². The van der Waals surface area contributed by atoms with Crippen LogP contribution in [0.2, 0.25) is 0 Å². The summed E-state index contributed by atoms with van der Waals surface area (Å²) < 4.78 is 1.09. The maximum Gasteiger partial charge on any atom is 2.00 e. The van der Waals surface area contributed by atoms with Crippen LogP contribution in [0.4, 0.5) is 0 Å². The molecule has 1 atom stereocenters. The Morgan fingerprint density at radius 2 is 1.16 bits per heavy atom. The smallest absolute Gasteiger partial charge is 0.520 e. The first-order valence-electron chi connectivity index (χ1n) is 18.5. The van der Waals surface area contributed by atoms with Gasteiger partial charge >= 0.3 is 31.1 Å². The van der Waals surface area contributed by atoms with Crippen LogP contribution >= 0.6 is 0 Å². The van der Waals surface area contributed by atoms with Crippen molar-refractivity contribution < 1.29 is 50.0 Å². The van der Waals surface area contributed by atoms with Crippen LogP contribution < -0.4 is 5.32 Å². The largest absolute Gasteiger partial charge is 2.00 e. The summed E-state index contributed by atoms with van der Waals surface area (Å²) in [5, 5.41) is 2.71. The van der Waals surface area contributed by atoms with Crippen molar-refractivity contribution in [2.45, 2.75) is 77.2 Å². The Morgan fingerprint density at radius 3 is 1.68 bits per heavy atom. The second-order valence-corrected chi connectivity index (χ2v) is 13.7. The van der Waals surface area contributed by atoms with Crippen molar-refractivity contribution >= 4 is 18.2 Å². The van der Waals surface area contributed by atoms with E-state index in [1.807, 2.05) is 72.8 Å². The second-order valence-electron chi connectivity index (χ2n) is 13.7. The van der Waals surface area contributed by atoms with Crippen molar-refractivity contribution in [1.29, 1.82) is 0 Å². The zero-order valence-electron chi connectivity index (χ0n) is 30.3. The molecule has 1 fully saturated rings. The van der Waals surface area contributed by atoms with Gasteiger partial charge in [-0.15, -0.1) is 0 Å². The van der Waals surface area contributed by atoms with E-state index in [0.717, 1.165) is 41.5 Å². The molecule has 0 spiro atoms. The molecule has 3 amide bonds. The molecular formula is C42H57N4O3U+. The van der Waals surface area contributed by atoms with Crippen molar-refractivity contribution in [3.05, 3.63) is 114 Å². The topological polar surface area (TPSA) is 69.7 Å².